The van der Waals surface area contributed by atoms with Gasteiger partial charge in [-0.1, -0.05) is 64.5 Å². The van der Waals surface area contributed by atoms with Gasteiger partial charge in [0.15, 0.2) is 0 Å². The van der Waals surface area contributed by atoms with Crippen LogP contribution in [0, 0.1) is 0 Å². The molecule has 2 aromatic heterocycles. The van der Waals surface area contributed by atoms with E-state index in [0.717, 1.165) is 54.0 Å². The van der Waals surface area contributed by atoms with Crippen molar-refractivity contribution in [3.63, 3.8) is 0 Å². The molecular weight excluding hydrogens is 410 g/mol. The van der Waals surface area contributed by atoms with Crippen molar-refractivity contribution in [1.82, 2.24) is 4.98 Å². The molecule has 2 nitrogen and oxygen atoms in total. The summed E-state index contributed by atoms with van der Waals surface area (Å²) in [6, 6.07) is 29.1. The summed E-state index contributed by atoms with van der Waals surface area (Å²) >= 11 is 3.60. The Morgan fingerprint density at radius 1 is 0.643 bits per heavy atom. The van der Waals surface area contributed by atoms with E-state index in [2.05, 4.69) is 70.5 Å². The number of para-hydroxylation sites is 2. The molecule has 0 unspecified atom stereocenters. The van der Waals surface area contributed by atoms with Crippen molar-refractivity contribution in [3.8, 4) is 11.3 Å². The Balaban J connectivity index is 1.90. The first-order chi connectivity index (χ1) is 13.8. The Bertz CT molecular complexity index is 1530. The number of hydrogen-bond acceptors (Lipinski definition) is 2. The molecule has 3 heteroatoms. The van der Waals surface area contributed by atoms with E-state index in [1.165, 1.54) is 5.39 Å². The van der Waals surface area contributed by atoms with Gasteiger partial charge in [-0.05, 0) is 36.4 Å². The van der Waals surface area contributed by atoms with Gasteiger partial charge < -0.3 is 4.42 Å². The first-order valence-corrected chi connectivity index (χ1v) is 9.97. The number of nitrogens with zero attached hydrogens (tertiary/aromatic N) is 1. The maximum absolute atomic E-state index is 6.15. The molecule has 0 fully saturated rings. The summed E-state index contributed by atoms with van der Waals surface area (Å²) in [5, 5.41) is 5.77. The van der Waals surface area contributed by atoms with Gasteiger partial charge in [0.25, 0.3) is 0 Å². The zero-order chi connectivity index (χ0) is 18.7. The predicted octanol–water partition coefficient (Wildman–Crippen LogP) is 7.72. The Hall–Kier alpha value is -3.17. The molecule has 0 N–H and O–H groups in total. The highest BCUT2D eigenvalue weighted by atomic mass is 79.9. The van der Waals surface area contributed by atoms with Crippen LogP contribution in [0.5, 0.6) is 0 Å². The van der Waals surface area contributed by atoms with Crippen LogP contribution in [-0.2, 0) is 0 Å². The minimum absolute atomic E-state index is 0.908. The van der Waals surface area contributed by atoms with Crippen LogP contribution >= 0.6 is 15.9 Å². The molecule has 0 saturated heterocycles. The van der Waals surface area contributed by atoms with Gasteiger partial charge in [0.2, 0.25) is 0 Å². The van der Waals surface area contributed by atoms with E-state index in [1.54, 1.807) is 0 Å². The highest BCUT2D eigenvalue weighted by Gasteiger charge is 2.16. The van der Waals surface area contributed by atoms with Crippen LogP contribution in [0.2, 0.25) is 0 Å². The van der Waals surface area contributed by atoms with E-state index in [1.807, 2.05) is 30.3 Å². The summed E-state index contributed by atoms with van der Waals surface area (Å²) in [5.41, 5.74) is 4.89. The van der Waals surface area contributed by atoms with Gasteiger partial charge in [-0.2, -0.15) is 0 Å². The molecule has 6 rings (SSSR count). The standard InChI is InChI=1S/C25H14BrNO/c26-16-7-5-6-15(14-16)25-19-12-13-22-24(18-9-2-4-11-21(18)28-22)23(19)17-8-1-3-10-20(17)27-25/h1-14H. The zero-order valence-electron chi connectivity index (χ0n) is 14.8. The lowest BCUT2D eigenvalue weighted by Crippen LogP contribution is -1.90. The van der Waals surface area contributed by atoms with Gasteiger partial charge in [-0.3, -0.25) is 0 Å². The Kier molecular flexibility index (Phi) is 3.35. The van der Waals surface area contributed by atoms with Crippen LogP contribution in [0.15, 0.2) is 93.8 Å². The Morgan fingerprint density at radius 2 is 1.46 bits per heavy atom. The molecule has 0 aliphatic heterocycles. The van der Waals surface area contributed by atoms with Gasteiger partial charge in [0, 0.05) is 37.0 Å². The van der Waals surface area contributed by atoms with Gasteiger partial charge in [0.05, 0.1) is 11.2 Å². The third-order valence-electron chi connectivity index (χ3n) is 5.30. The number of hydrogen-bond donors (Lipinski definition) is 0. The monoisotopic (exact) mass is 423 g/mol. The van der Waals surface area contributed by atoms with Crippen molar-refractivity contribution >= 4 is 59.5 Å². The topological polar surface area (TPSA) is 26.0 Å². The van der Waals surface area contributed by atoms with Crippen LogP contribution in [0.3, 0.4) is 0 Å². The molecule has 6 aromatic rings. The van der Waals surface area contributed by atoms with Crippen LogP contribution in [-0.4, -0.2) is 4.98 Å². The molecule has 0 bridgehead atoms. The average Bonchev–Trinajstić information content (AvgIpc) is 3.12. The number of furan rings is 1. The van der Waals surface area contributed by atoms with E-state index in [9.17, 15) is 0 Å². The summed E-state index contributed by atoms with van der Waals surface area (Å²) in [7, 11) is 0. The molecule has 0 radical (unpaired) electrons. The molecule has 0 spiro atoms. The molecule has 4 aromatic carbocycles. The van der Waals surface area contributed by atoms with Gasteiger partial charge in [-0.25, -0.2) is 4.98 Å². The third-order valence-corrected chi connectivity index (χ3v) is 5.80. The smallest absolute Gasteiger partial charge is 0.136 e. The largest absolute Gasteiger partial charge is 0.456 e. The molecule has 0 saturated carbocycles. The number of halogens is 1. The molecule has 0 aliphatic rings. The lowest BCUT2D eigenvalue weighted by atomic mass is 9.96. The van der Waals surface area contributed by atoms with E-state index < -0.39 is 0 Å². The highest BCUT2D eigenvalue weighted by Crippen LogP contribution is 2.41. The fourth-order valence-corrected chi connectivity index (χ4v) is 4.51. The second-order valence-corrected chi connectivity index (χ2v) is 7.86. The maximum Gasteiger partial charge on any atom is 0.136 e. The SMILES string of the molecule is Brc1cccc(-c2nc3ccccc3c3c2ccc2oc4ccccc4c23)c1. The maximum atomic E-state index is 6.15. The van der Waals surface area contributed by atoms with E-state index in [-0.39, 0.29) is 0 Å². The van der Waals surface area contributed by atoms with E-state index in [4.69, 9.17) is 9.40 Å². The van der Waals surface area contributed by atoms with Crippen molar-refractivity contribution in [2.45, 2.75) is 0 Å². The van der Waals surface area contributed by atoms with E-state index in [0.29, 0.717) is 0 Å². The van der Waals surface area contributed by atoms with Crippen LogP contribution in [0.25, 0.3) is 54.9 Å². The lowest BCUT2D eigenvalue weighted by Gasteiger charge is -2.11. The van der Waals surface area contributed by atoms with Crippen LogP contribution in [0.4, 0.5) is 0 Å². The number of pyridine rings is 1. The fourth-order valence-electron chi connectivity index (χ4n) is 4.11. The molecular formula is C25H14BrNO. The number of aromatic nitrogens is 1. The lowest BCUT2D eigenvalue weighted by molar-refractivity contribution is 0.669. The number of fused-ring (bicyclic) bond motifs is 7. The van der Waals surface area contributed by atoms with Gasteiger partial charge in [-0.15, -0.1) is 0 Å². The molecule has 0 aliphatic carbocycles. The predicted molar refractivity (Wildman–Crippen MR) is 120 cm³/mol. The fraction of sp³-hybridized carbons (Fsp3) is 0. The molecule has 0 atom stereocenters. The average molecular weight is 424 g/mol. The zero-order valence-corrected chi connectivity index (χ0v) is 16.4. The first kappa shape index (κ1) is 15.8. The van der Waals surface area contributed by atoms with Crippen molar-refractivity contribution in [1.29, 1.82) is 0 Å². The van der Waals surface area contributed by atoms with Crippen LogP contribution < -0.4 is 0 Å². The third kappa shape index (κ3) is 2.23. The van der Waals surface area contributed by atoms with Crippen molar-refractivity contribution in [3.05, 3.63) is 89.4 Å². The quantitative estimate of drug-likeness (QED) is 0.253. The van der Waals surface area contributed by atoms with Crippen molar-refractivity contribution in [2.24, 2.45) is 0 Å². The second kappa shape index (κ2) is 5.91. The minimum Gasteiger partial charge on any atom is -0.456 e. The van der Waals surface area contributed by atoms with Gasteiger partial charge in [0.1, 0.15) is 11.2 Å². The Morgan fingerprint density at radius 3 is 2.36 bits per heavy atom. The van der Waals surface area contributed by atoms with Gasteiger partial charge >= 0.3 is 0 Å². The normalized spacial score (nSPS) is 11.8. The highest BCUT2D eigenvalue weighted by molar-refractivity contribution is 9.10. The molecule has 28 heavy (non-hydrogen) atoms. The summed E-state index contributed by atoms with van der Waals surface area (Å²) < 4.78 is 7.19. The van der Waals surface area contributed by atoms with Crippen LogP contribution in [0.1, 0.15) is 0 Å². The van der Waals surface area contributed by atoms with Crippen molar-refractivity contribution < 1.29 is 4.42 Å². The Labute approximate surface area is 169 Å². The molecule has 0 amide bonds. The summed E-state index contributed by atoms with van der Waals surface area (Å²) in [6.07, 6.45) is 0. The van der Waals surface area contributed by atoms with E-state index >= 15 is 0 Å². The molecule has 2 heterocycles. The van der Waals surface area contributed by atoms with Crippen molar-refractivity contribution in [2.75, 3.05) is 0 Å². The summed E-state index contributed by atoms with van der Waals surface area (Å²) in [5.74, 6) is 0. The number of rotatable bonds is 1. The first-order valence-electron chi connectivity index (χ1n) is 9.18. The second-order valence-electron chi connectivity index (χ2n) is 6.95. The summed E-state index contributed by atoms with van der Waals surface area (Å²) in [4.78, 5) is 5.03. The number of benzene rings is 4. The minimum atomic E-state index is 0.908. The molecule has 132 valence electrons. The summed E-state index contributed by atoms with van der Waals surface area (Å²) in [6.45, 7) is 0.